The lowest BCUT2D eigenvalue weighted by Crippen LogP contribution is -2.22. The van der Waals surface area contributed by atoms with Crippen LogP contribution in [0.4, 0.5) is 11.4 Å². The summed E-state index contributed by atoms with van der Waals surface area (Å²) in [6.45, 7) is 1.74. The van der Waals surface area contributed by atoms with Gasteiger partial charge in [-0.1, -0.05) is 53.7 Å². The average Bonchev–Trinajstić information content (AvgIpc) is 3.12. The van der Waals surface area contributed by atoms with E-state index < -0.39 is 10.2 Å². The van der Waals surface area contributed by atoms with Gasteiger partial charge >= 0.3 is 0 Å². The monoisotopic (exact) mass is 419 g/mol. The van der Waals surface area contributed by atoms with Gasteiger partial charge in [0, 0.05) is 23.1 Å². The summed E-state index contributed by atoms with van der Waals surface area (Å²) in [5.41, 5.74) is 1.95. The topological polar surface area (TPSA) is 85.1 Å². The first kappa shape index (κ1) is 19.3. The number of carbonyl (C=O) groups excluding carboxylic acids is 1. The third-order valence-corrected chi connectivity index (χ3v) is 6.02. The maximum absolute atomic E-state index is 12.4. The third-order valence-electron chi connectivity index (χ3n) is 3.62. The molecule has 0 bridgehead atoms. The number of aromatic nitrogens is 1. The molecular weight excluding hydrogens is 406 g/mol. The third kappa shape index (κ3) is 4.85. The molecule has 1 aromatic heterocycles. The fraction of sp³-hybridized carbons (Fsp3) is 0.111. The summed E-state index contributed by atoms with van der Waals surface area (Å²) >= 11 is 8.81. The number of halogens is 1. The van der Waals surface area contributed by atoms with Crippen molar-refractivity contribution < 1.29 is 9.72 Å². The normalized spacial score (nSPS) is 11.8. The van der Waals surface area contributed by atoms with Crippen LogP contribution in [0.3, 0.4) is 0 Å². The van der Waals surface area contributed by atoms with Gasteiger partial charge in [0.25, 0.3) is 5.69 Å². The van der Waals surface area contributed by atoms with Gasteiger partial charge in [0.1, 0.15) is 0 Å². The van der Waals surface area contributed by atoms with Crippen molar-refractivity contribution >= 4 is 52.0 Å². The number of non-ortho nitro benzene ring substituents is 1. The minimum Gasteiger partial charge on any atom is -0.324 e. The lowest BCUT2D eigenvalue weighted by Gasteiger charge is -2.11. The molecule has 0 spiro atoms. The van der Waals surface area contributed by atoms with Crippen molar-refractivity contribution in [3.8, 4) is 11.3 Å². The first-order chi connectivity index (χ1) is 12.9. The van der Waals surface area contributed by atoms with Crippen molar-refractivity contribution in [1.82, 2.24) is 4.98 Å². The number of nitrogens with one attached hydrogen (secondary N) is 1. The number of hydrogen-bond acceptors (Lipinski definition) is 6. The molecule has 27 heavy (non-hydrogen) atoms. The number of benzene rings is 2. The molecule has 0 saturated heterocycles. The Hall–Kier alpha value is -2.42. The molecule has 6 nitrogen and oxygen atoms in total. The van der Waals surface area contributed by atoms with Crippen LogP contribution < -0.4 is 5.32 Å². The number of nitro benzene ring substituents is 1. The Kier molecular flexibility index (Phi) is 6.10. The van der Waals surface area contributed by atoms with E-state index in [0.717, 1.165) is 15.6 Å². The van der Waals surface area contributed by atoms with Crippen LogP contribution in [0.5, 0.6) is 0 Å². The molecule has 0 unspecified atom stereocenters. The lowest BCUT2D eigenvalue weighted by molar-refractivity contribution is -0.384. The van der Waals surface area contributed by atoms with Gasteiger partial charge in [-0.05, 0) is 13.0 Å². The minimum absolute atomic E-state index is 0.137. The number of carbonyl (C=O) groups is 1. The number of thioether (sulfide) groups is 1. The molecule has 3 rings (SSSR count). The van der Waals surface area contributed by atoms with E-state index in [-0.39, 0.29) is 22.3 Å². The number of hydrogen-bond donors (Lipinski definition) is 1. The number of thiazole rings is 1. The van der Waals surface area contributed by atoms with Crippen LogP contribution in [0.2, 0.25) is 5.02 Å². The summed E-state index contributed by atoms with van der Waals surface area (Å²) in [4.78, 5) is 27.3. The van der Waals surface area contributed by atoms with Crippen molar-refractivity contribution in [2.45, 2.75) is 16.5 Å². The van der Waals surface area contributed by atoms with Crippen LogP contribution in [0.1, 0.15) is 6.92 Å². The van der Waals surface area contributed by atoms with Crippen molar-refractivity contribution in [2.24, 2.45) is 0 Å². The number of rotatable bonds is 6. The molecule has 1 atom stereocenters. The summed E-state index contributed by atoms with van der Waals surface area (Å²) in [6, 6.07) is 13.7. The molecule has 0 aliphatic heterocycles. The van der Waals surface area contributed by atoms with Gasteiger partial charge in [-0.2, -0.15) is 0 Å². The molecule has 3 aromatic rings. The van der Waals surface area contributed by atoms with E-state index in [9.17, 15) is 14.9 Å². The van der Waals surface area contributed by atoms with E-state index in [0.29, 0.717) is 0 Å². The van der Waals surface area contributed by atoms with Gasteiger partial charge < -0.3 is 5.32 Å². The Morgan fingerprint density at radius 3 is 2.74 bits per heavy atom. The van der Waals surface area contributed by atoms with E-state index in [1.165, 1.54) is 41.3 Å². The van der Waals surface area contributed by atoms with Gasteiger partial charge in [0.15, 0.2) is 4.34 Å². The molecule has 0 saturated carbocycles. The zero-order valence-corrected chi connectivity index (χ0v) is 16.5. The fourth-order valence-electron chi connectivity index (χ4n) is 2.21. The van der Waals surface area contributed by atoms with Crippen molar-refractivity contribution in [3.63, 3.8) is 0 Å². The van der Waals surface area contributed by atoms with Crippen molar-refractivity contribution in [2.75, 3.05) is 5.32 Å². The van der Waals surface area contributed by atoms with Crippen molar-refractivity contribution in [1.29, 1.82) is 0 Å². The Morgan fingerprint density at radius 1 is 1.30 bits per heavy atom. The summed E-state index contributed by atoms with van der Waals surface area (Å²) in [5, 5.41) is 15.3. The van der Waals surface area contributed by atoms with E-state index in [1.54, 1.807) is 6.92 Å². The van der Waals surface area contributed by atoms with E-state index in [2.05, 4.69) is 10.3 Å². The van der Waals surface area contributed by atoms with Crippen LogP contribution in [-0.4, -0.2) is 21.1 Å². The highest BCUT2D eigenvalue weighted by atomic mass is 35.5. The van der Waals surface area contributed by atoms with E-state index >= 15 is 0 Å². The van der Waals surface area contributed by atoms with Crippen LogP contribution in [-0.2, 0) is 4.79 Å². The molecule has 9 heteroatoms. The molecule has 138 valence electrons. The number of amides is 1. The molecule has 1 N–H and O–H groups in total. The van der Waals surface area contributed by atoms with Gasteiger partial charge in [0.2, 0.25) is 5.91 Å². The highest BCUT2D eigenvalue weighted by Gasteiger charge is 2.19. The fourth-order valence-corrected chi connectivity index (χ4v) is 4.35. The zero-order chi connectivity index (χ0) is 19.4. The molecule has 0 fully saturated rings. The minimum atomic E-state index is -0.537. The lowest BCUT2D eigenvalue weighted by atomic mass is 10.2. The quantitative estimate of drug-likeness (QED) is 0.324. The molecule has 2 aromatic carbocycles. The Balaban J connectivity index is 1.67. The van der Waals surface area contributed by atoms with Crippen LogP contribution in [0, 0.1) is 10.1 Å². The van der Waals surface area contributed by atoms with E-state index in [1.807, 2.05) is 35.7 Å². The van der Waals surface area contributed by atoms with Crippen molar-refractivity contribution in [3.05, 3.63) is 69.0 Å². The first-order valence-corrected chi connectivity index (χ1v) is 10.00. The highest BCUT2D eigenvalue weighted by molar-refractivity contribution is 8.02. The van der Waals surface area contributed by atoms with Crippen LogP contribution >= 0.6 is 34.7 Å². The molecule has 0 radical (unpaired) electrons. The maximum Gasteiger partial charge on any atom is 0.271 e. The van der Waals surface area contributed by atoms with Gasteiger partial charge in [0.05, 0.1) is 26.6 Å². The van der Waals surface area contributed by atoms with Crippen LogP contribution in [0.15, 0.2) is 58.3 Å². The second-order valence-electron chi connectivity index (χ2n) is 5.54. The highest BCUT2D eigenvalue weighted by Crippen LogP contribution is 2.32. The zero-order valence-electron chi connectivity index (χ0n) is 14.1. The Bertz CT molecular complexity index is 979. The standard InChI is InChI=1S/C18H14ClN3O3S2/c1-11(17(23)20-15-9-13(22(24)25)7-8-14(15)19)27-18-21-16(10-26-18)12-5-3-2-4-6-12/h2-11H,1H3,(H,20,23)/t11-/m1/s1. The first-order valence-electron chi connectivity index (χ1n) is 7.86. The summed E-state index contributed by atoms with van der Waals surface area (Å²) in [6.07, 6.45) is 0. The SMILES string of the molecule is C[C@@H](Sc1nc(-c2ccccc2)cs1)C(=O)Nc1cc([N+](=O)[O-])ccc1Cl. The second kappa shape index (κ2) is 8.51. The van der Waals surface area contributed by atoms with Gasteiger partial charge in [-0.15, -0.1) is 11.3 Å². The molecular formula is C18H14ClN3O3S2. The Morgan fingerprint density at radius 2 is 2.04 bits per heavy atom. The molecule has 0 aliphatic carbocycles. The van der Waals surface area contributed by atoms with Gasteiger partial charge in [-0.3, -0.25) is 14.9 Å². The van der Waals surface area contributed by atoms with E-state index in [4.69, 9.17) is 11.6 Å². The molecule has 0 aliphatic rings. The number of nitrogens with zero attached hydrogens (tertiary/aromatic N) is 2. The average molecular weight is 420 g/mol. The summed E-state index contributed by atoms with van der Waals surface area (Å²) < 4.78 is 0.765. The van der Waals surface area contributed by atoms with Gasteiger partial charge in [-0.25, -0.2) is 4.98 Å². The smallest absolute Gasteiger partial charge is 0.271 e. The Labute approximate surface area is 168 Å². The largest absolute Gasteiger partial charge is 0.324 e. The summed E-state index contributed by atoms with van der Waals surface area (Å²) in [7, 11) is 0. The predicted molar refractivity (Wildman–Crippen MR) is 110 cm³/mol. The number of nitro groups is 1. The molecule has 1 heterocycles. The summed E-state index contributed by atoms with van der Waals surface area (Å²) in [5.74, 6) is -0.307. The maximum atomic E-state index is 12.4. The predicted octanol–water partition coefficient (Wildman–Crippen LogP) is 5.49. The molecule has 1 amide bonds. The second-order valence-corrected chi connectivity index (χ2v) is 8.39. The number of anilines is 1. The van der Waals surface area contributed by atoms with Crippen LogP contribution in [0.25, 0.3) is 11.3 Å².